The van der Waals surface area contributed by atoms with Crippen LogP contribution >= 0.6 is 11.5 Å². The number of aliphatic hydroxyl groups is 1. The number of hydrogen-bond acceptors (Lipinski definition) is 5. The maximum absolute atomic E-state index is 13.8. The molecule has 7 heteroatoms. The molecule has 0 spiro atoms. The second-order valence-corrected chi connectivity index (χ2v) is 4.49. The van der Waals surface area contributed by atoms with Gasteiger partial charge >= 0.3 is 0 Å². The van der Waals surface area contributed by atoms with Crippen molar-refractivity contribution >= 4 is 23.1 Å². The van der Waals surface area contributed by atoms with Crippen LogP contribution < -0.4 is 5.32 Å². The zero-order chi connectivity index (χ0) is 14.4. The molecule has 0 fully saturated rings. The fourth-order valence-electron chi connectivity index (χ4n) is 1.37. The highest BCUT2D eigenvalue weighted by Crippen LogP contribution is 2.17. The SMILES string of the molecule is O=C(Nc1ccc(C#CCCO)cc1F)c1cnns1. The van der Waals surface area contributed by atoms with Gasteiger partial charge in [0.25, 0.3) is 5.91 Å². The first kappa shape index (κ1) is 14.1. The largest absolute Gasteiger partial charge is 0.395 e. The molecule has 102 valence electrons. The number of aromatic nitrogens is 2. The van der Waals surface area contributed by atoms with Gasteiger partial charge in [-0.2, -0.15) is 0 Å². The number of anilines is 1. The normalized spacial score (nSPS) is 9.70. The number of nitrogens with one attached hydrogen (secondary N) is 1. The number of hydrogen-bond donors (Lipinski definition) is 2. The molecule has 0 radical (unpaired) electrons. The van der Waals surface area contributed by atoms with Crippen molar-refractivity contribution in [3.05, 3.63) is 40.7 Å². The topological polar surface area (TPSA) is 75.1 Å². The summed E-state index contributed by atoms with van der Waals surface area (Å²) >= 11 is 0.931. The van der Waals surface area contributed by atoms with E-state index in [1.54, 1.807) is 6.07 Å². The summed E-state index contributed by atoms with van der Waals surface area (Å²) in [6.07, 6.45) is 1.64. The number of benzene rings is 1. The Kier molecular flexibility index (Phi) is 4.76. The van der Waals surface area contributed by atoms with Gasteiger partial charge in [-0.05, 0) is 29.7 Å². The summed E-state index contributed by atoms with van der Waals surface area (Å²) < 4.78 is 17.4. The predicted molar refractivity (Wildman–Crippen MR) is 72.8 cm³/mol. The molecule has 0 saturated carbocycles. The van der Waals surface area contributed by atoms with Crippen LogP contribution in [0.3, 0.4) is 0 Å². The van der Waals surface area contributed by atoms with E-state index in [1.807, 2.05) is 0 Å². The highest BCUT2D eigenvalue weighted by Gasteiger charge is 2.11. The Hall–Kier alpha value is -2.30. The Balaban J connectivity index is 2.11. The van der Waals surface area contributed by atoms with E-state index in [2.05, 4.69) is 26.7 Å². The number of halogens is 1. The first-order valence-corrected chi connectivity index (χ1v) is 6.46. The molecule has 0 aliphatic heterocycles. The predicted octanol–water partition coefficient (Wildman–Crippen LogP) is 1.66. The van der Waals surface area contributed by atoms with E-state index >= 15 is 0 Å². The van der Waals surface area contributed by atoms with Crippen molar-refractivity contribution < 1.29 is 14.3 Å². The monoisotopic (exact) mass is 291 g/mol. The average molecular weight is 291 g/mol. The van der Waals surface area contributed by atoms with E-state index in [0.29, 0.717) is 16.9 Å². The first-order valence-electron chi connectivity index (χ1n) is 5.68. The minimum atomic E-state index is -0.577. The van der Waals surface area contributed by atoms with Gasteiger partial charge in [0, 0.05) is 12.0 Å². The van der Waals surface area contributed by atoms with Crippen LogP contribution in [0.25, 0.3) is 0 Å². The van der Waals surface area contributed by atoms with Crippen LogP contribution in [0.1, 0.15) is 21.7 Å². The fraction of sp³-hybridized carbons (Fsp3) is 0.154. The third-order valence-electron chi connectivity index (χ3n) is 2.27. The van der Waals surface area contributed by atoms with Crippen molar-refractivity contribution in [2.75, 3.05) is 11.9 Å². The second-order valence-electron chi connectivity index (χ2n) is 3.71. The molecule has 1 aromatic heterocycles. The summed E-state index contributed by atoms with van der Waals surface area (Å²) in [5.41, 5.74) is 0.546. The summed E-state index contributed by atoms with van der Waals surface area (Å²) in [6, 6.07) is 4.25. The van der Waals surface area contributed by atoms with E-state index in [9.17, 15) is 9.18 Å². The molecule has 0 aliphatic rings. The van der Waals surface area contributed by atoms with Gasteiger partial charge < -0.3 is 10.4 Å². The summed E-state index contributed by atoms with van der Waals surface area (Å²) in [5, 5.41) is 14.6. The van der Waals surface area contributed by atoms with Crippen molar-refractivity contribution in [2.45, 2.75) is 6.42 Å². The lowest BCUT2D eigenvalue weighted by Gasteiger charge is -2.04. The molecule has 20 heavy (non-hydrogen) atoms. The zero-order valence-electron chi connectivity index (χ0n) is 10.3. The van der Waals surface area contributed by atoms with Crippen molar-refractivity contribution in [1.82, 2.24) is 9.59 Å². The van der Waals surface area contributed by atoms with Gasteiger partial charge in [0.1, 0.15) is 10.7 Å². The quantitative estimate of drug-likeness (QED) is 0.843. The van der Waals surface area contributed by atoms with Crippen molar-refractivity contribution in [1.29, 1.82) is 0 Å². The van der Waals surface area contributed by atoms with E-state index < -0.39 is 11.7 Å². The Morgan fingerprint density at radius 2 is 2.35 bits per heavy atom. The van der Waals surface area contributed by atoms with E-state index in [1.165, 1.54) is 18.3 Å². The summed E-state index contributed by atoms with van der Waals surface area (Å²) in [4.78, 5) is 12.0. The number of nitrogens with zero attached hydrogens (tertiary/aromatic N) is 2. The molecule has 1 aromatic carbocycles. The molecule has 2 N–H and O–H groups in total. The van der Waals surface area contributed by atoms with Gasteiger partial charge in [-0.1, -0.05) is 16.3 Å². The third-order valence-corrected chi connectivity index (χ3v) is 2.94. The van der Waals surface area contributed by atoms with E-state index in [4.69, 9.17) is 5.11 Å². The first-order chi connectivity index (χ1) is 9.70. The van der Waals surface area contributed by atoms with E-state index in [0.717, 1.165) is 11.5 Å². The molecule has 5 nitrogen and oxygen atoms in total. The highest BCUT2D eigenvalue weighted by atomic mass is 32.1. The van der Waals surface area contributed by atoms with E-state index in [-0.39, 0.29) is 12.3 Å². The standard InChI is InChI=1S/C13H10FN3O2S/c14-10-7-9(3-1-2-6-18)4-5-11(10)16-13(19)12-8-15-17-20-12/h4-5,7-8,18H,2,6H2,(H,16,19). The molecule has 0 bridgehead atoms. The molecule has 2 rings (SSSR count). The molecule has 2 aromatic rings. The Morgan fingerprint density at radius 1 is 1.50 bits per heavy atom. The van der Waals surface area contributed by atoms with Crippen LogP contribution in [0.5, 0.6) is 0 Å². The summed E-state index contributed by atoms with van der Waals surface area (Å²) in [7, 11) is 0. The smallest absolute Gasteiger partial charge is 0.269 e. The number of amides is 1. The minimum absolute atomic E-state index is 0.0352. The zero-order valence-corrected chi connectivity index (χ0v) is 11.1. The van der Waals surface area contributed by atoms with Crippen molar-refractivity contribution in [3.63, 3.8) is 0 Å². The third kappa shape index (κ3) is 3.60. The summed E-state index contributed by atoms with van der Waals surface area (Å²) in [6.45, 7) is -0.0352. The Morgan fingerprint density at radius 3 is 3.00 bits per heavy atom. The molecular weight excluding hydrogens is 281 g/mol. The van der Waals surface area contributed by atoms with Crippen LogP contribution in [0, 0.1) is 17.7 Å². The van der Waals surface area contributed by atoms with Gasteiger partial charge in [0.05, 0.1) is 18.5 Å². The molecule has 0 atom stereocenters. The number of aliphatic hydroxyl groups excluding tert-OH is 1. The van der Waals surface area contributed by atoms with Gasteiger partial charge in [0.15, 0.2) is 0 Å². The maximum Gasteiger partial charge on any atom is 0.269 e. The van der Waals surface area contributed by atoms with Crippen LogP contribution in [0.4, 0.5) is 10.1 Å². The molecule has 0 aliphatic carbocycles. The lowest BCUT2D eigenvalue weighted by atomic mass is 10.2. The van der Waals surface area contributed by atoms with Crippen molar-refractivity contribution in [2.24, 2.45) is 0 Å². The van der Waals surface area contributed by atoms with Crippen molar-refractivity contribution in [3.8, 4) is 11.8 Å². The minimum Gasteiger partial charge on any atom is -0.395 e. The summed E-state index contributed by atoms with van der Waals surface area (Å²) in [5.74, 6) is 4.37. The average Bonchev–Trinajstić information content (AvgIpc) is 2.96. The number of rotatable bonds is 3. The lowest BCUT2D eigenvalue weighted by Crippen LogP contribution is -2.11. The Bertz CT molecular complexity index is 662. The number of carbonyl (C=O) groups is 1. The van der Waals surface area contributed by atoms with Gasteiger partial charge in [0.2, 0.25) is 0 Å². The lowest BCUT2D eigenvalue weighted by molar-refractivity contribution is 0.103. The number of carbonyl (C=O) groups excluding carboxylic acids is 1. The second kappa shape index (κ2) is 6.75. The van der Waals surface area contributed by atoms with Crippen LogP contribution in [0.2, 0.25) is 0 Å². The van der Waals surface area contributed by atoms with Crippen LogP contribution in [0.15, 0.2) is 24.4 Å². The molecule has 1 heterocycles. The van der Waals surface area contributed by atoms with Gasteiger partial charge in [-0.3, -0.25) is 4.79 Å². The van der Waals surface area contributed by atoms with Crippen LogP contribution in [-0.2, 0) is 0 Å². The maximum atomic E-state index is 13.8. The molecule has 0 unspecified atom stereocenters. The van der Waals surface area contributed by atoms with Crippen LogP contribution in [-0.4, -0.2) is 27.2 Å². The molecular formula is C13H10FN3O2S. The fourth-order valence-corrected chi connectivity index (χ4v) is 1.78. The highest BCUT2D eigenvalue weighted by molar-refractivity contribution is 7.07. The molecule has 1 amide bonds. The molecule has 0 saturated heterocycles. The Labute approximate surface area is 118 Å². The van der Waals surface area contributed by atoms with Gasteiger partial charge in [-0.15, -0.1) is 5.10 Å². The van der Waals surface area contributed by atoms with Gasteiger partial charge in [-0.25, -0.2) is 4.39 Å².